The van der Waals surface area contributed by atoms with E-state index in [9.17, 15) is 9.59 Å². The molecule has 3 N–H and O–H groups in total. The molecule has 1 saturated heterocycles. The van der Waals surface area contributed by atoms with Crippen molar-refractivity contribution >= 4 is 17.6 Å². The van der Waals surface area contributed by atoms with Gasteiger partial charge in [-0.25, -0.2) is 4.68 Å². The molecule has 9 heteroatoms. The summed E-state index contributed by atoms with van der Waals surface area (Å²) in [5.41, 5.74) is 7.37. The zero-order valence-corrected chi connectivity index (χ0v) is 20.4. The van der Waals surface area contributed by atoms with E-state index in [2.05, 4.69) is 11.9 Å². The standard InChI is InChI=1S/C27H31N5O4/c1-3-23(33)31-16-7-8-20(18-31)32-27(29-15-17-35-2)24(26(28)34)25(30-32)19-11-13-22(14-12-19)36-21-9-5-4-6-10-21/h3-6,9-14,20,29H,1,7-8,15-18H2,2H3,(H2,28,34). The maximum Gasteiger partial charge on any atom is 0.254 e. The number of rotatable bonds is 10. The summed E-state index contributed by atoms with van der Waals surface area (Å²) >= 11 is 0. The minimum Gasteiger partial charge on any atom is -0.457 e. The number of anilines is 1. The third kappa shape index (κ3) is 5.58. The fraction of sp³-hybridized carbons (Fsp3) is 0.296. The van der Waals surface area contributed by atoms with E-state index >= 15 is 0 Å². The Morgan fingerprint density at radius 3 is 2.56 bits per heavy atom. The number of nitrogens with zero attached hydrogens (tertiary/aromatic N) is 3. The molecular formula is C27H31N5O4. The van der Waals surface area contributed by atoms with Crippen molar-refractivity contribution < 1.29 is 19.1 Å². The number of benzene rings is 2. The van der Waals surface area contributed by atoms with Crippen LogP contribution >= 0.6 is 0 Å². The second-order valence-electron chi connectivity index (χ2n) is 8.52. The normalized spacial score (nSPS) is 15.4. The van der Waals surface area contributed by atoms with Gasteiger partial charge in [0.1, 0.15) is 28.6 Å². The third-order valence-corrected chi connectivity index (χ3v) is 6.09. The molecule has 188 valence electrons. The van der Waals surface area contributed by atoms with Gasteiger partial charge in [0.15, 0.2) is 0 Å². The monoisotopic (exact) mass is 489 g/mol. The Hall–Kier alpha value is -4.11. The second kappa shape index (κ2) is 11.5. The van der Waals surface area contributed by atoms with Gasteiger partial charge >= 0.3 is 0 Å². The fourth-order valence-corrected chi connectivity index (χ4v) is 4.36. The number of ether oxygens (including phenoxy) is 2. The van der Waals surface area contributed by atoms with E-state index in [0.29, 0.717) is 49.1 Å². The van der Waals surface area contributed by atoms with E-state index in [0.717, 1.165) is 24.2 Å². The minimum atomic E-state index is -0.587. The Bertz CT molecular complexity index is 1210. The smallest absolute Gasteiger partial charge is 0.254 e. The average molecular weight is 490 g/mol. The first-order valence-electron chi connectivity index (χ1n) is 11.9. The molecule has 1 fully saturated rings. The van der Waals surface area contributed by atoms with E-state index in [-0.39, 0.29) is 11.9 Å². The molecular weight excluding hydrogens is 458 g/mol. The van der Waals surface area contributed by atoms with Crippen LogP contribution in [0, 0.1) is 0 Å². The Morgan fingerprint density at radius 1 is 1.17 bits per heavy atom. The van der Waals surface area contributed by atoms with Crippen LogP contribution in [0.1, 0.15) is 29.2 Å². The number of piperidine rings is 1. The Balaban J connectivity index is 1.70. The number of hydrogen-bond acceptors (Lipinski definition) is 6. The molecule has 1 atom stereocenters. The minimum absolute atomic E-state index is 0.120. The summed E-state index contributed by atoms with van der Waals surface area (Å²) in [6, 6.07) is 16.7. The summed E-state index contributed by atoms with van der Waals surface area (Å²) in [7, 11) is 1.61. The molecule has 0 saturated carbocycles. The predicted octanol–water partition coefficient (Wildman–Crippen LogP) is 3.85. The van der Waals surface area contributed by atoms with Gasteiger partial charge in [-0.3, -0.25) is 9.59 Å². The SMILES string of the molecule is C=CC(=O)N1CCCC(n2nc(-c3ccc(Oc4ccccc4)cc3)c(C(N)=O)c2NCCOC)C1. The van der Waals surface area contributed by atoms with Gasteiger partial charge in [-0.1, -0.05) is 24.8 Å². The number of carbonyl (C=O) groups is 2. The molecule has 9 nitrogen and oxygen atoms in total. The van der Waals surface area contributed by atoms with Crippen molar-refractivity contribution in [3.05, 3.63) is 72.8 Å². The lowest BCUT2D eigenvalue weighted by atomic mass is 10.0. The number of hydrogen-bond donors (Lipinski definition) is 2. The van der Waals surface area contributed by atoms with Crippen LogP contribution in [-0.4, -0.2) is 59.8 Å². The lowest BCUT2D eigenvalue weighted by molar-refractivity contribution is -0.127. The number of nitrogens with two attached hydrogens (primary N) is 1. The number of likely N-dealkylation sites (tertiary alicyclic amines) is 1. The van der Waals surface area contributed by atoms with Crippen LogP contribution < -0.4 is 15.8 Å². The van der Waals surface area contributed by atoms with E-state index in [1.165, 1.54) is 6.08 Å². The summed E-state index contributed by atoms with van der Waals surface area (Å²) in [5.74, 6) is 1.21. The zero-order valence-electron chi connectivity index (χ0n) is 20.4. The summed E-state index contributed by atoms with van der Waals surface area (Å²) in [6.45, 7) is 5.64. The number of aromatic nitrogens is 2. The van der Waals surface area contributed by atoms with Gasteiger partial charge in [-0.15, -0.1) is 0 Å². The van der Waals surface area contributed by atoms with Crippen LogP contribution in [0.3, 0.4) is 0 Å². The van der Waals surface area contributed by atoms with Crippen molar-refractivity contribution in [2.24, 2.45) is 5.73 Å². The highest BCUT2D eigenvalue weighted by atomic mass is 16.5. The van der Waals surface area contributed by atoms with Crippen LogP contribution in [0.2, 0.25) is 0 Å². The number of carbonyl (C=O) groups excluding carboxylic acids is 2. The number of nitrogens with one attached hydrogen (secondary N) is 1. The van der Waals surface area contributed by atoms with Crippen molar-refractivity contribution in [2.75, 3.05) is 38.7 Å². The van der Waals surface area contributed by atoms with E-state index in [4.69, 9.17) is 20.3 Å². The van der Waals surface area contributed by atoms with Crippen LogP contribution in [0.25, 0.3) is 11.3 Å². The van der Waals surface area contributed by atoms with E-state index in [1.54, 1.807) is 16.7 Å². The van der Waals surface area contributed by atoms with Gasteiger partial charge in [0.25, 0.3) is 5.91 Å². The Morgan fingerprint density at radius 2 is 1.89 bits per heavy atom. The highest BCUT2D eigenvalue weighted by Crippen LogP contribution is 2.34. The molecule has 1 aliphatic heterocycles. The van der Waals surface area contributed by atoms with Crippen LogP contribution in [-0.2, 0) is 9.53 Å². The summed E-state index contributed by atoms with van der Waals surface area (Å²) < 4.78 is 12.9. The lowest BCUT2D eigenvalue weighted by Crippen LogP contribution is -2.40. The van der Waals surface area contributed by atoms with Crippen molar-refractivity contribution in [3.8, 4) is 22.8 Å². The summed E-state index contributed by atoms with van der Waals surface area (Å²) in [5, 5.41) is 8.13. The molecule has 0 spiro atoms. The highest BCUT2D eigenvalue weighted by molar-refractivity contribution is 6.03. The lowest BCUT2D eigenvalue weighted by Gasteiger charge is -2.33. The summed E-state index contributed by atoms with van der Waals surface area (Å²) in [4.78, 5) is 26.7. The molecule has 0 aliphatic carbocycles. The number of primary amides is 1. The second-order valence-corrected chi connectivity index (χ2v) is 8.52. The first-order chi connectivity index (χ1) is 17.5. The van der Waals surface area contributed by atoms with Crippen LogP contribution in [0.4, 0.5) is 5.82 Å². The fourth-order valence-electron chi connectivity index (χ4n) is 4.36. The van der Waals surface area contributed by atoms with Gasteiger partial charge in [-0.05, 0) is 55.3 Å². The molecule has 36 heavy (non-hydrogen) atoms. The predicted molar refractivity (Wildman–Crippen MR) is 138 cm³/mol. The Labute approximate surface area is 210 Å². The quantitative estimate of drug-likeness (QED) is 0.331. The highest BCUT2D eigenvalue weighted by Gasteiger charge is 2.30. The molecule has 4 rings (SSSR count). The number of amides is 2. The van der Waals surface area contributed by atoms with E-state index < -0.39 is 5.91 Å². The number of methoxy groups -OCH3 is 1. The largest absolute Gasteiger partial charge is 0.457 e. The van der Waals surface area contributed by atoms with Crippen molar-refractivity contribution in [1.29, 1.82) is 0 Å². The molecule has 2 heterocycles. The average Bonchev–Trinajstić information content (AvgIpc) is 3.29. The van der Waals surface area contributed by atoms with Gasteiger partial charge in [0.2, 0.25) is 5.91 Å². The van der Waals surface area contributed by atoms with Gasteiger partial charge < -0.3 is 25.4 Å². The molecule has 1 aliphatic rings. The van der Waals surface area contributed by atoms with Crippen LogP contribution in [0.15, 0.2) is 67.3 Å². The van der Waals surface area contributed by atoms with Crippen molar-refractivity contribution in [3.63, 3.8) is 0 Å². The molecule has 1 unspecified atom stereocenters. The van der Waals surface area contributed by atoms with Gasteiger partial charge in [-0.2, -0.15) is 5.10 Å². The first-order valence-corrected chi connectivity index (χ1v) is 11.9. The molecule has 3 aromatic rings. The Kier molecular flexibility index (Phi) is 8.02. The maximum absolute atomic E-state index is 12.7. The molecule has 0 bridgehead atoms. The molecule has 2 aromatic carbocycles. The summed E-state index contributed by atoms with van der Waals surface area (Å²) in [6.07, 6.45) is 2.94. The molecule has 1 aromatic heterocycles. The topological polar surface area (TPSA) is 112 Å². The first kappa shape index (κ1) is 25.0. The zero-order chi connectivity index (χ0) is 25.5. The molecule has 0 radical (unpaired) electrons. The number of para-hydroxylation sites is 1. The maximum atomic E-state index is 12.7. The van der Waals surface area contributed by atoms with E-state index in [1.807, 2.05) is 54.6 Å². The third-order valence-electron chi connectivity index (χ3n) is 6.09. The molecule has 2 amide bonds. The van der Waals surface area contributed by atoms with Crippen molar-refractivity contribution in [1.82, 2.24) is 14.7 Å². The van der Waals surface area contributed by atoms with Crippen molar-refractivity contribution in [2.45, 2.75) is 18.9 Å². The van der Waals surface area contributed by atoms with Gasteiger partial charge in [0.05, 0.1) is 12.6 Å². The van der Waals surface area contributed by atoms with Gasteiger partial charge in [0, 0.05) is 32.3 Å². The van der Waals surface area contributed by atoms with Crippen LogP contribution in [0.5, 0.6) is 11.5 Å².